The third kappa shape index (κ3) is 5.71. The maximum absolute atomic E-state index is 13.3. The molecule has 6 nitrogen and oxygen atoms in total. The van der Waals surface area contributed by atoms with E-state index in [-0.39, 0.29) is 11.3 Å². The average Bonchev–Trinajstić information content (AvgIpc) is 3.13. The quantitative estimate of drug-likeness (QED) is 0.196. The number of ether oxygens (including phenoxy) is 1. The summed E-state index contributed by atoms with van der Waals surface area (Å²) >= 11 is 0. The van der Waals surface area contributed by atoms with Crippen molar-refractivity contribution in [3.63, 3.8) is 0 Å². The summed E-state index contributed by atoms with van der Waals surface area (Å²) < 4.78 is 5.65. The number of carbonyl (C=O) groups excluding carboxylic acids is 2. The number of amides is 1. The Morgan fingerprint density at radius 2 is 1.81 bits per heavy atom. The van der Waals surface area contributed by atoms with Gasteiger partial charge in [0.2, 0.25) is 0 Å². The molecule has 1 heterocycles. The van der Waals surface area contributed by atoms with Crippen LogP contribution in [-0.2, 0) is 9.59 Å². The standard InChI is InChI=1S/C30H38N2O4/c1-7-18-36-25-15-14-24(19-21(25)6)28(33)26-27(23-12-10-22(11-13-23)20(4)5)32(30(35)29(26)34)17-16-31(8-2)9-3/h7,10-15,19-20,27,33H,1,8-9,16-18H2,2-6H3/t27-/m0/s1. The predicted molar refractivity (Wildman–Crippen MR) is 144 cm³/mol. The summed E-state index contributed by atoms with van der Waals surface area (Å²) in [6, 6.07) is 12.6. The molecule has 3 rings (SSSR count). The summed E-state index contributed by atoms with van der Waals surface area (Å²) in [6.45, 7) is 17.1. The van der Waals surface area contributed by atoms with Gasteiger partial charge < -0.3 is 19.6 Å². The number of benzene rings is 2. The summed E-state index contributed by atoms with van der Waals surface area (Å²) in [7, 11) is 0. The molecule has 0 radical (unpaired) electrons. The Balaban J connectivity index is 2.08. The Morgan fingerprint density at radius 1 is 1.14 bits per heavy atom. The van der Waals surface area contributed by atoms with Crippen LogP contribution in [-0.4, -0.2) is 59.4 Å². The summed E-state index contributed by atoms with van der Waals surface area (Å²) in [5.74, 6) is -0.376. The van der Waals surface area contributed by atoms with Gasteiger partial charge in [-0.25, -0.2) is 0 Å². The predicted octanol–water partition coefficient (Wildman–Crippen LogP) is 5.45. The van der Waals surface area contributed by atoms with E-state index in [9.17, 15) is 14.7 Å². The number of carbonyl (C=O) groups is 2. The summed E-state index contributed by atoms with van der Waals surface area (Å²) in [4.78, 5) is 30.3. The van der Waals surface area contributed by atoms with Crippen LogP contribution in [0.5, 0.6) is 5.75 Å². The number of aliphatic hydroxyl groups excluding tert-OH is 1. The van der Waals surface area contributed by atoms with Crippen LogP contribution in [0.25, 0.3) is 5.76 Å². The van der Waals surface area contributed by atoms with E-state index in [1.807, 2.05) is 31.2 Å². The van der Waals surface area contributed by atoms with E-state index in [0.29, 0.717) is 36.9 Å². The van der Waals surface area contributed by atoms with Crippen LogP contribution in [0.2, 0.25) is 0 Å². The first-order valence-electron chi connectivity index (χ1n) is 12.7. The molecule has 0 spiro atoms. The second-order valence-corrected chi connectivity index (χ2v) is 9.42. The van der Waals surface area contributed by atoms with Crippen molar-refractivity contribution < 1.29 is 19.4 Å². The Labute approximate surface area is 214 Å². The zero-order valence-electron chi connectivity index (χ0n) is 22.1. The second-order valence-electron chi connectivity index (χ2n) is 9.42. The molecule has 1 aliphatic heterocycles. The average molecular weight is 491 g/mol. The summed E-state index contributed by atoms with van der Waals surface area (Å²) in [5.41, 5.74) is 3.39. The van der Waals surface area contributed by atoms with Gasteiger partial charge in [0.15, 0.2) is 0 Å². The van der Waals surface area contributed by atoms with Gasteiger partial charge in [0.05, 0.1) is 11.6 Å². The van der Waals surface area contributed by atoms with Crippen molar-refractivity contribution >= 4 is 17.4 Å². The fraction of sp³-hybridized carbons (Fsp3) is 0.400. The third-order valence-corrected chi connectivity index (χ3v) is 6.82. The highest BCUT2D eigenvalue weighted by molar-refractivity contribution is 6.46. The number of hydrogen-bond donors (Lipinski definition) is 1. The zero-order chi connectivity index (χ0) is 26.4. The number of Topliss-reactive ketones (excluding diaryl/α,β-unsaturated/α-hetero) is 1. The Morgan fingerprint density at radius 3 is 2.36 bits per heavy atom. The first-order chi connectivity index (χ1) is 17.2. The monoisotopic (exact) mass is 490 g/mol. The summed E-state index contributed by atoms with van der Waals surface area (Å²) in [6.07, 6.45) is 1.66. The van der Waals surface area contributed by atoms with Gasteiger partial charge in [-0.1, -0.05) is 64.6 Å². The largest absolute Gasteiger partial charge is 0.507 e. The molecule has 0 unspecified atom stereocenters. The molecule has 192 valence electrons. The molecule has 0 aromatic heterocycles. The second kappa shape index (κ2) is 12.0. The van der Waals surface area contributed by atoms with Crippen LogP contribution in [0.3, 0.4) is 0 Å². The lowest BCUT2D eigenvalue weighted by molar-refractivity contribution is -0.140. The molecule has 6 heteroatoms. The van der Waals surface area contributed by atoms with Crippen LogP contribution < -0.4 is 4.74 Å². The number of hydrogen-bond acceptors (Lipinski definition) is 5. The van der Waals surface area contributed by atoms with Crippen LogP contribution >= 0.6 is 0 Å². The Kier molecular flexibility index (Phi) is 9.10. The zero-order valence-corrected chi connectivity index (χ0v) is 22.1. The molecule has 1 amide bonds. The molecule has 1 fully saturated rings. The fourth-order valence-corrected chi connectivity index (χ4v) is 4.57. The molecule has 2 aromatic carbocycles. The van der Waals surface area contributed by atoms with Crippen molar-refractivity contribution in [1.82, 2.24) is 9.80 Å². The van der Waals surface area contributed by atoms with E-state index in [2.05, 4.69) is 39.2 Å². The van der Waals surface area contributed by atoms with Crippen LogP contribution in [0, 0.1) is 6.92 Å². The molecule has 1 atom stereocenters. The molecule has 2 aromatic rings. The maximum Gasteiger partial charge on any atom is 0.295 e. The van der Waals surface area contributed by atoms with Gasteiger partial charge in [-0.3, -0.25) is 9.59 Å². The highest BCUT2D eigenvalue weighted by atomic mass is 16.5. The SMILES string of the molecule is C=CCOc1ccc(C(O)=C2C(=O)C(=O)N(CCN(CC)CC)[C@H]2c2ccc(C(C)C)cc2)cc1C. The van der Waals surface area contributed by atoms with Crippen molar-refractivity contribution in [2.75, 3.05) is 32.8 Å². The minimum Gasteiger partial charge on any atom is -0.507 e. The number of likely N-dealkylation sites (N-methyl/N-ethyl adjacent to an activating group) is 1. The lowest BCUT2D eigenvalue weighted by Gasteiger charge is -2.28. The normalized spacial score (nSPS) is 17.3. The van der Waals surface area contributed by atoms with Gasteiger partial charge in [-0.15, -0.1) is 0 Å². The van der Waals surface area contributed by atoms with E-state index in [1.165, 1.54) is 5.56 Å². The topological polar surface area (TPSA) is 70.1 Å². The van der Waals surface area contributed by atoms with E-state index in [4.69, 9.17) is 4.74 Å². The minimum atomic E-state index is -0.658. The molecule has 0 aliphatic carbocycles. The molecule has 0 saturated carbocycles. The summed E-state index contributed by atoms with van der Waals surface area (Å²) in [5, 5.41) is 11.4. The lowest BCUT2D eigenvalue weighted by Crippen LogP contribution is -2.38. The number of nitrogens with zero attached hydrogens (tertiary/aromatic N) is 2. The number of rotatable bonds is 11. The fourth-order valence-electron chi connectivity index (χ4n) is 4.57. The maximum atomic E-state index is 13.3. The smallest absolute Gasteiger partial charge is 0.295 e. The number of ketones is 1. The van der Waals surface area contributed by atoms with E-state index in [1.54, 1.807) is 29.2 Å². The first kappa shape index (κ1) is 27.2. The van der Waals surface area contributed by atoms with Crippen LogP contribution in [0.1, 0.15) is 61.9 Å². The first-order valence-corrected chi connectivity index (χ1v) is 12.7. The number of likely N-dealkylation sites (tertiary alicyclic amines) is 1. The number of aryl methyl sites for hydroxylation is 1. The van der Waals surface area contributed by atoms with Crippen molar-refractivity contribution in [3.05, 3.63) is 82.9 Å². The molecular formula is C30H38N2O4. The number of aliphatic hydroxyl groups is 1. The highest BCUT2D eigenvalue weighted by Crippen LogP contribution is 2.40. The molecular weight excluding hydrogens is 452 g/mol. The van der Waals surface area contributed by atoms with Gasteiger partial charge >= 0.3 is 0 Å². The highest BCUT2D eigenvalue weighted by Gasteiger charge is 2.46. The molecule has 1 saturated heterocycles. The van der Waals surface area contributed by atoms with E-state index < -0.39 is 17.7 Å². The van der Waals surface area contributed by atoms with Gasteiger partial charge in [-0.05, 0) is 60.8 Å². The van der Waals surface area contributed by atoms with Crippen LogP contribution in [0.4, 0.5) is 0 Å². The van der Waals surface area contributed by atoms with Crippen molar-refractivity contribution in [1.29, 1.82) is 0 Å². The lowest BCUT2D eigenvalue weighted by atomic mass is 9.93. The van der Waals surface area contributed by atoms with Gasteiger partial charge in [0, 0.05) is 18.7 Å². The van der Waals surface area contributed by atoms with Crippen LogP contribution in [0.15, 0.2) is 60.7 Å². The van der Waals surface area contributed by atoms with Crippen molar-refractivity contribution in [2.45, 2.75) is 46.6 Å². The molecule has 36 heavy (non-hydrogen) atoms. The Hall–Kier alpha value is -3.38. The van der Waals surface area contributed by atoms with E-state index in [0.717, 1.165) is 24.2 Å². The van der Waals surface area contributed by atoms with Gasteiger partial charge in [0.1, 0.15) is 18.1 Å². The minimum absolute atomic E-state index is 0.121. The molecule has 0 bridgehead atoms. The Bertz CT molecular complexity index is 1130. The molecule has 1 aliphatic rings. The van der Waals surface area contributed by atoms with Crippen molar-refractivity contribution in [2.24, 2.45) is 0 Å². The third-order valence-electron chi connectivity index (χ3n) is 6.82. The van der Waals surface area contributed by atoms with Gasteiger partial charge in [0.25, 0.3) is 11.7 Å². The van der Waals surface area contributed by atoms with Crippen molar-refractivity contribution in [3.8, 4) is 5.75 Å². The van der Waals surface area contributed by atoms with Gasteiger partial charge in [-0.2, -0.15) is 0 Å². The van der Waals surface area contributed by atoms with E-state index >= 15 is 0 Å². The molecule has 1 N–H and O–H groups in total.